The predicted molar refractivity (Wildman–Crippen MR) is 91.0 cm³/mol. The zero-order chi connectivity index (χ0) is 16.8. The fraction of sp³-hybridized carbons (Fsp3) is 0.400. The lowest BCUT2D eigenvalue weighted by Crippen LogP contribution is -2.87. The highest BCUT2D eigenvalue weighted by atomic mass is 19.1. The normalized spacial score (nSPS) is 18.2. The van der Waals surface area contributed by atoms with Gasteiger partial charge in [-0.2, -0.15) is 0 Å². The number of benzene rings is 2. The Bertz CT molecular complexity index is 662. The number of ether oxygens (including phenoxy) is 1. The van der Waals surface area contributed by atoms with Gasteiger partial charge in [0.05, 0.1) is 13.2 Å². The third-order valence-electron chi connectivity index (χ3n) is 4.63. The van der Waals surface area contributed by atoms with Crippen LogP contribution in [0, 0.1) is 5.82 Å². The van der Waals surface area contributed by atoms with Crippen molar-refractivity contribution in [2.24, 2.45) is 0 Å². The van der Waals surface area contributed by atoms with E-state index >= 15 is 0 Å². The van der Waals surface area contributed by atoms with Gasteiger partial charge in [0.2, 0.25) is 0 Å². The molecule has 2 aromatic rings. The summed E-state index contributed by atoms with van der Waals surface area (Å²) in [6.45, 7) is 1.01. The van der Waals surface area contributed by atoms with Crippen molar-refractivity contribution in [3.05, 3.63) is 71.0 Å². The number of hydrogen-bond donors (Lipinski definition) is 2. The van der Waals surface area contributed by atoms with Crippen LogP contribution < -0.4 is 5.32 Å². The van der Waals surface area contributed by atoms with Gasteiger partial charge < -0.3 is 15.2 Å². The van der Waals surface area contributed by atoms with E-state index in [1.165, 1.54) is 23.6 Å². The summed E-state index contributed by atoms with van der Waals surface area (Å²) < 4.78 is 19.0. The molecule has 3 nitrogen and oxygen atoms in total. The number of hydrogen-bond acceptors (Lipinski definition) is 2. The lowest BCUT2D eigenvalue weighted by molar-refractivity contribution is -0.703. The van der Waals surface area contributed by atoms with Gasteiger partial charge in [-0.3, -0.25) is 0 Å². The highest BCUT2D eigenvalue weighted by Gasteiger charge is 2.23. The Morgan fingerprint density at radius 3 is 2.83 bits per heavy atom. The van der Waals surface area contributed by atoms with Crippen molar-refractivity contribution < 1.29 is 19.6 Å². The van der Waals surface area contributed by atoms with Gasteiger partial charge in [-0.25, -0.2) is 4.39 Å². The van der Waals surface area contributed by atoms with Crippen LogP contribution in [-0.2, 0) is 17.8 Å². The minimum Gasteiger partial charge on any atom is -0.385 e. The van der Waals surface area contributed by atoms with Gasteiger partial charge in [-0.05, 0) is 24.5 Å². The lowest BCUT2D eigenvalue weighted by atomic mass is 9.88. The molecule has 0 aliphatic heterocycles. The third kappa shape index (κ3) is 4.41. The Labute approximate surface area is 142 Å². The maximum Gasteiger partial charge on any atom is 0.128 e. The third-order valence-corrected chi connectivity index (χ3v) is 4.63. The van der Waals surface area contributed by atoms with Gasteiger partial charge in [0.15, 0.2) is 0 Å². The van der Waals surface area contributed by atoms with Crippen LogP contribution in [0.25, 0.3) is 0 Å². The molecule has 0 unspecified atom stereocenters. The summed E-state index contributed by atoms with van der Waals surface area (Å²) >= 11 is 0. The average molecular weight is 330 g/mol. The molecule has 0 amide bonds. The van der Waals surface area contributed by atoms with Gasteiger partial charge in [0.25, 0.3) is 0 Å². The summed E-state index contributed by atoms with van der Waals surface area (Å²) in [5.74, 6) is -0.266. The topological polar surface area (TPSA) is 46.1 Å². The molecule has 0 saturated carbocycles. The Kier molecular flexibility index (Phi) is 5.96. The van der Waals surface area contributed by atoms with Crippen LogP contribution in [-0.4, -0.2) is 24.4 Å². The molecule has 128 valence electrons. The first kappa shape index (κ1) is 17.1. The second kappa shape index (κ2) is 8.38. The number of fused-ring (bicyclic) bond motifs is 1. The Hall–Kier alpha value is -1.75. The van der Waals surface area contributed by atoms with Crippen LogP contribution in [0.4, 0.5) is 4.39 Å². The second-order valence-electron chi connectivity index (χ2n) is 6.43. The Morgan fingerprint density at radius 2 is 1.96 bits per heavy atom. The molecular formula is C20H25FNO2+. The second-order valence-corrected chi connectivity index (χ2v) is 6.43. The van der Waals surface area contributed by atoms with E-state index in [1.54, 1.807) is 18.2 Å². The van der Waals surface area contributed by atoms with Crippen molar-refractivity contribution in [1.82, 2.24) is 0 Å². The van der Waals surface area contributed by atoms with E-state index in [2.05, 4.69) is 29.6 Å². The number of nitrogens with two attached hydrogens (primary N) is 1. The molecule has 0 saturated heterocycles. The van der Waals surface area contributed by atoms with Crippen LogP contribution in [0.5, 0.6) is 0 Å². The van der Waals surface area contributed by atoms with Crippen LogP contribution in [0.1, 0.15) is 35.6 Å². The zero-order valence-corrected chi connectivity index (χ0v) is 13.8. The minimum atomic E-state index is -0.550. The molecule has 0 bridgehead atoms. The number of rotatable bonds is 7. The molecule has 1 aliphatic carbocycles. The minimum absolute atomic E-state index is 0.190. The molecule has 0 fully saturated rings. The largest absolute Gasteiger partial charge is 0.385 e. The molecule has 2 aromatic carbocycles. The summed E-state index contributed by atoms with van der Waals surface area (Å²) in [6.07, 6.45) is 2.93. The average Bonchev–Trinajstić information content (AvgIpc) is 2.61. The van der Waals surface area contributed by atoms with Gasteiger partial charge in [-0.15, -0.1) is 0 Å². The summed E-state index contributed by atoms with van der Waals surface area (Å²) in [5, 5.41) is 12.3. The van der Waals surface area contributed by atoms with Gasteiger partial charge in [-0.1, -0.05) is 42.5 Å². The first-order valence-corrected chi connectivity index (χ1v) is 8.64. The SMILES string of the molecule is O[C@H](C[NH2+][C@@H]1CCCc2ccccc21)COCc1ccccc1F. The number of halogens is 1. The standard InChI is InChI=1S/C20H24FNO2/c21-19-10-4-2-7-16(19)13-24-14-17(23)12-22-20-11-5-8-15-6-1-3-9-18(15)20/h1-4,6-7,9-10,17,20,22-23H,5,8,11-14H2/p+1/t17-,20-/m1/s1. The first-order valence-electron chi connectivity index (χ1n) is 8.64. The molecule has 24 heavy (non-hydrogen) atoms. The lowest BCUT2D eigenvalue weighted by Gasteiger charge is -2.24. The molecule has 0 spiro atoms. The highest BCUT2D eigenvalue weighted by molar-refractivity contribution is 5.30. The van der Waals surface area contributed by atoms with E-state index in [4.69, 9.17) is 4.74 Å². The molecule has 2 atom stereocenters. The summed E-state index contributed by atoms with van der Waals surface area (Å²) in [7, 11) is 0. The zero-order valence-electron chi connectivity index (χ0n) is 13.8. The monoisotopic (exact) mass is 330 g/mol. The predicted octanol–water partition coefficient (Wildman–Crippen LogP) is 2.34. The van der Waals surface area contributed by atoms with Crippen molar-refractivity contribution in [3.8, 4) is 0 Å². The molecular weight excluding hydrogens is 305 g/mol. The summed E-state index contributed by atoms with van der Waals surface area (Å²) in [6, 6.07) is 15.5. The van der Waals surface area contributed by atoms with Gasteiger partial charge in [0, 0.05) is 17.5 Å². The fourth-order valence-corrected chi connectivity index (χ4v) is 3.35. The number of aliphatic hydroxyl groups is 1. The molecule has 0 aromatic heterocycles. The van der Waals surface area contributed by atoms with E-state index in [-0.39, 0.29) is 19.0 Å². The van der Waals surface area contributed by atoms with Crippen molar-refractivity contribution in [3.63, 3.8) is 0 Å². The number of quaternary nitrogens is 1. The maximum absolute atomic E-state index is 13.5. The molecule has 1 aliphatic rings. The van der Waals surface area contributed by atoms with Gasteiger partial charge in [0.1, 0.15) is 24.5 Å². The summed E-state index contributed by atoms with van der Waals surface area (Å²) in [4.78, 5) is 0. The van der Waals surface area contributed by atoms with Crippen LogP contribution in [0.15, 0.2) is 48.5 Å². The maximum atomic E-state index is 13.5. The number of aryl methyl sites for hydroxylation is 1. The quantitative estimate of drug-likeness (QED) is 0.818. The van der Waals surface area contributed by atoms with Crippen LogP contribution in [0.3, 0.4) is 0 Å². The molecule has 3 N–H and O–H groups in total. The van der Waals surface area contributed by atoms with E-state index in [0.29, 0.717) is 18.2 Å². The van der Waals surface area contributed by atoms with Gasteiger partial charge >= 0.3 is 0 Å². The van der Waals surface area contributed by atoms with Crippen LogP contribution >= 0.6 is 0 Å². The smallest absolute Gasteiger partial charge is 0.128 e. The van der Waals surface area contributed by atoms with E-state index in [9.17, 15) is 9.50 Å². The van der Waals surface area contributed by atoms with Crippen molar-refractivity contribution in [1.29, 1.82) is 0 Å². The first-order chi connectivity index (χ1) is 11.7. The van der Waals surface area contributed by atoms with E-state index in [0.717, 1.165) is 12.8 Å². The van der Waals surface area contributed by atoms with Crippen molar-refractivity contribution >= 4 is 0 Å². The number of aliphatic hydroxyl groups excluding tert-OH is 1. The van der Waals surface area contributed by atoms with E-state index < -0.39 is 6.10 Å². The highest BCUT2D eigenvalue weighted by Crippen LogP contribution is 2.26. The molecule has 3 rings (SSSR count). The molecule has 0 radical (unpaired) electrons. The molecule has 4 heteroatoms. The van der Waals surface area contributed by atoms with Crippen molar-refractivity contribution in [2.45, 2.75) is 38.0 Å². The van der Waals surface area contributed by atoms with Crippen molar-refractivity contribution in [2.75, 3.05) is 13.2 Å². The Morgan fingerprint density at radius 1 is 1.17 bits per heavy atom. The van der Waals surface area contributed by atoms with Crippen LogP contribution in [0.2, 0.25) is 0 Å². The molecule has 0 heterocycles. The van der Waals surface area contributed by atoms with E-state index in [1.807, 2.05) is 0 Å². The fourth-order valence-electron chi connectivity index (χ4n) is 3.35. The summed E-state index contributed by atoms with van der Waals surface area (Å²) in [5.41, 5.74) is 3.34. The Balaban J connectivity index is 1.43.